The minimum Gasteiger partial charge on any atom is -0.481 e. The monoisotopic (exact) mass is 1250 g/mol. The Hall–Kier alpha value is -6.20. The molecule has 1 saturated heterocycles. The third-order valence-corrected chi connectivity index (χ3v) is 14.6. The van der Waals surface area contributed by atoms with Gasteiger partial charge in [-0.2, -0.15) is 0 Å². The highest BCUT2D eigenvalue weighted by Crippen LogP contribution is 2.21. The van der Waals surface area contributed by atoms with Crippen LogP contribution in [0.25, 0.3) is 0 Å². The molecule has 30 N–H and O–H groups in total. The van der Waals surface area contributed by atoms with Crippen LogP contribution in [-0.2, 0) is 57.5 Å². The van der Waals surface area contributed by atoms with Gasteiger partial charge in [0.15, 0.2) is 17.3 Å². The van der Waals surface area contributed by atoms with E-state index in [9.17, 15) is 67.7 Å². The Morgan fingerprint density at radius 1 is 0.483 bits per heavy atom. The standard InChI is InChI=1S/C17H31N3O6.C15H29N3O4.C8H16N4O4.C8H17N3O.C7H17N3O/c1-5-8(3)10(16(23)24)7-11(21)12(18)13(19)15(22)20-14(17(25)26)9(4)6-2;1-7(2)9(5)6-10(19)11(16)12(17)14(20)18-13(8(3)4)15(21)22;1-2-11-7(15)5(9)6(10)8(16)12-3-4(13)14;1-6-3-2-4-11(6)8(12)7(10)5-9;1-5(3-8)2-7(11)6(10)4-9/h8-10,12-14H,5-7,18-19H2,1-4H3,(H,20,22)(H,23,24)(H,25,26);7-9,11-13H,6,16-17H2,1-5H3,(H,18,20)(H,21,22);5-6H,2-3,9-10H2,1H3,(H,11,15)(H,12,16)(H,13,14);6-7H,2-5,9-10H2,1H3;5-6H,2-4,8-10H2,1H3/t8?,9?,10-,12+,13-,14-;9-,11+,12-,13-;5-,6+;6-,7+;5-,6+/m00011/s1. The zero-order chi connectivity index (χ0) is 68.9. The van der Waals surface area contributed by atoms with Gasteiger partial charge in [-0.1, -0.05) is 82.1 Å². The fourth-order valence-corrected chi connectivity index (χ4v) is 7.46. The molecule has 0 aromatic rings. The van der Waals surface area contributed by atoms with E-state index in [0.717, 1.165) is 19.4 Å². The zero-order valence-electron chi connectivity index (χ0n) is 53.1. The predicted octanol–water partition coefficient (Wildman–Crippen LogP) is -4.83. The van der Waals surface area contributed by atoms with E-state index in [1.54, 1.807) is 41.5 Å². The number of Topliss-reactive ketones (excluding diaryl/α,β-unsaturated/α-hetero) is 3. The van der Waals surface area contributed by atoms with Crippen molar-refractivity contribution in [3.8, 4) is 0 Å². The summed E-state index contributed by atoms with van der Waals surface area (Å²) in [5.74, 6) is -9.64. The SMILES string of the molecule is CC(C)[C@H](NC(=O)[C@@H](N)[C@H](N)C(=O)C[C@H](C)C(C)C)C(=O)O.CCC(C)[C@H](CC(=O)[C@@H](N)[C@H](N)C(=O)N[C@H](C(=O)O)C(C)CC)C(=O)O.CCNC(=O)[C@@H](N)[C@@H](N)C(=O)NCC(=O)O.C[C@@H](CN)CC(=O)[C@@H](N)CN.C[C@@H]1CCCN1C(=O)[C@@H](N)CN. The molecule has 1 heterocycles. The van der Waals surface area contributed by atoms with Crippen LogP contribution in [0.4, 0.5) is 0 Å². The van der Waals surface area contributed by atoms with Crippen molar-refractivity contribution in [3.05, 3.63) is 0 Å². The number of carbonyl (C=O) groups excluding carboxylic acids is 8. The highest BCUT2D eigenvalue weighted by molar-refractivity contribution is 5.97. The number of ketones is 3. The maximum absolute atomic E-state index is 12.3. The Morgan fingerprint density at radius 2 is 0.908 bits per heavy atom. The number of likely N-dealkylation sites (tertiary alicyclic amines) is 1. The molecule has 32 heteroatoms. The van der Waals surface area contributed by atoms with Crippen LogP contribution in [0.1, 0.15) is 128 Å². The highest BCUT2D eigenvalue weighted by Gasteiger charge is 2.36. The van der Waals surface area contributed by atoms with Gasteiger partial charge in [-0.3, -0.25) is 47.9 Å². The van der Waals surface area contributed by atoms with Crippen molar-refractivity contribution in [2.45, 2.75) is 194 Å². The lowest BCUT2D eigenvalue weighted by Crippen LogP contribution is -2.59. The second kappa shape index (κ2) is 46.0. The Labute approximate surface area is 511 Å². The van der Waals surface area contributed by atoms with Gasteiger partial charge < -0.3 is 110 Å². The summed E-state index contributed by atoms with van der Waals surface area (Å²) in [4.78, 5) is 139. The number of amides is 5. The van der Waals surface area contributed by atoms with Crippen molar-refractivity contribution in [1.29, 1.82) is 0 Å². The molecule has 506 valence electrons. The lowest BCUT2D eigenvalue weighted by atomic mass is 9.85. The quantitative estimate of drug-likeness (QED) is 0.0287. The first-order valence-corrected chi connectivity index (χ1v) is 29.2. The largest absolute Gasteiger partial charge is 0.481 e. The smallest absolute Gasteiger partial charge is 0.326 e. The molecule has 0 saturated carbocycles. The van der Waals surface area contributed by atoms with Crippen LogP contribution in [0.3, 0.4) is 0 Å². The van der Waals surface area contributed by atoms with E-state index in [1.165, 1.54) is 0 Å². The third kappa shape index (κ3) is 34.8. The fraction of sp³-hybridized carbons (Fsp3) is 0.782. The summed E-state index contributed by atoms with van der Waals surface area (Å²) in [5, 5.41) is 44.9. The van der Waals surface area contributed by atoms with Gasteiger partial charge >= 0.3 is 23.9 Å². The number of nitrogens with one attached hydrogen (secondary N) is 4. The molecule has 0 radical (unpaired) electrons. The topological polar surface area (TPSA) is 623 Å². The second-order valence-corrected chi connectivity index (χ2v) is 22.6. The lowest BCUT2D eigenvalue weighted by Gasteiger charge is -2.25. The molecule has 87 heavy (non-hydrogen) atoms. The molecule has 1 rings (SSSR count). The predicted molar refractivity (Wildman–Crippen MR) is 327 cm³/mol. The molecule has 0 aromatic carbocycles. The number of nitrogens with two attached hydrogens (primary N) is 11. The summed E-state index contributed by atoms with van der Waals surface area (Å²) < 4.78 is 0. The van der Waals surface area contributed by atoms with Crippen molar-refractivity contribution >= 4 is 70.8 Å². The van der Waals surface area contributed by atoms with Crippen LogP contribution in [0, 0.1) is 41.4 Å². The maximum atomic E-state index is 12.3. The van der Waals surface area contributed by atoms with E-state index in [4.69, 9.17) is 73.3 Å². The van der Waals surface area contributed by atoms with Crippen LogP contribution >= 0.6 is 0 Å². The minimum absolute atomic E-state index is 0.00231. The van der Waals surface area contributed by atoms with Crippen molar-refractivity contribution in [2.75, 3.05) is 39.3 Å². The van der Waals surface area contributed by atoms with E-state index in [-0.39, 0.29) is 73.0 Å². The molecule has 5 amide bonds. The van der Waals surface area contributed by atoms with Crippen LogP contribution < -0.4 is 84.3 Å². The van der Waals surface area contributed by atoms with E-state index in [0.29, 0.717) is 44.3 Å². The first-order chi connectivity index (χ1) is 40.1. The summed E-state index contributed by atoms with van der Waals surface area (Å²) in [5.41, 5.74) is 60.5. The number of hydrogen-bond acceptors (Lipinski definition) is 23. The average molecular weight is 1250 g/mol. The maximum Gasteiger partial charge on any atom is 0.326 e. The molecule has 0 spiro atoms. The Bertz CT molecular complexity index is 2120. The molecule has 2 unspecified atom stereocenters. The summed E-state index contributed by atoms with van der Waals surface area (Å²) in [6.45, 7) is 23.5. The summed E-state index contributed by atoms with van der Waals surface area (Å²) in [6.07, 6.45) is 3.61. The van der Waals surface area contributed by atoms with E-state index in [1.807, 2.05) is 51.8 Å². The molecule has 1 fully saturated rings. The molecule has 0 aromatic heterocycles. The van der Waals surface area contributed by atoms with Gasteiger partial charge in [0, 0.05) is 51.5 Å². The normalized spacial score (nSPS) is 17.8. The number of hydrogen-bond donors (Lipinski definition) is 19. The third-order valence-electron chi connectivity index (χ3n) is 14.6. The van der Waals surface area contributed by atoms with Gasteiger partial charge in [0.25, 0.3) is 0 Å². The second-order valence-electron chi connectivity index (χ2n) is 22.6. The van der Waals surface area contributed by atoms with Gasteiger partial charge in [-0.05, 0) is 68.7 Å². The number of aliphatic carboxylic acids is 4. The van der Waals surface area contributed by atoms with Crippen LogP contribution in [-0.4, -0.2) is 202 Å². The van der Waals surface area contributed by atoms with Crippen molar-refractivity contribution in [3.63, 3.8) is 0 Å². The van der Waals surface area contributed by atoms with Crippen LogP contribution in [0.15, 0.2) is 0 Å². The number of rotatable bonds is 34. The van der Waals surface area contributed by atoms with Crippen molar-refractivity contribution < 1.29 is 78.0 Å². The summed E-state index contributed by atoms with van der Waals surface area (Å²) in [6, 6.07) is -10.6. The van der Waals surface area contributed by atoms with E-state index < -0.39 is 126 Å². The molecular weight excluding hydrogens is 1140 g/mol. The lowest BCUT2D eigenvalue weighted by molar-refractivity contribution is -0.146. The molecule has 1 aliphatic heterocycles. The Balaban J connectivity index is -0.000000513. The number of nitrogens with zero attached hydrogens (tertiary/aromatic N) is 1. The molecule has 16 atom stereocenters. The first kappa shape index (κ1) is 87.2. The minimum atomic E-state index is -1.46. The molecular formula is C55H110N16O16. The van der Waals surface area contributed by atoms with E-state index >= 15 is 0 Å². The summed E-state index contributed by atoms with van der Waals surface area (Å²) >= 11 is 0. The fourth-order valence-electron chi connectivity index (χ4n) is 7.46. The van der Waals surface area contributed by atoms with Gasteiger partial charge in [-0.25, -0.2) is 9.59 Å². The van der Waals surface area contributed by atoms with Crippen molar-refractivity contribution in [1.82, 2.24) is 26.2 Å². The van der Waals surface area contributed by atoms with Crippen molar-refractivity contribution in [2.24, 2.45) is 104 Å². The number of carbonyl (C=O) groups is 12. The van der Waals surface area contributed by atoms with Gasteiger partial charge in [0.1, 0.15) is 42.8 Å². The Kier molecular flexibility index (Phi) is 46.1. The molecule has 0 aliphatic carbocycles. The molecule has 32 nitrogen and oxygen atoms in total. The van der Waals surface area contributed by atoms with Crippen LogP contribution in [0.2, 0.25) is 0 Å². The average Bonchev–Trinajstić information content (AvgIpc) is 4.09. The van der Waals surface area contributed by atoms with Gasteiger partial charge in [-0.15, -0.1) is 0 Å². The summed E-state index contributed by atoms with van der Waals surface area (Å²) in [7, 11) is 0. The first-order valence-electron chi connectivity index (χ1n) is 29.2. The number of carboxylic acids is 4. The molecule has 1 aliphatic rings. The van der Waals surface area contributed by atoms with Crippen LogP contribution in [0.5, 0.6) is 0 Å². The Morgan fingerprint density at radius 3 is 1.25 bits per heavy atom. The number of carboxylic acid groups (broad SMARTS) is 4. The number of likely N-dealkylation sites (N-methyl/N-ethyl adjacent to an activating group) is 1. The molecule has 0 bridgehead atoms. The van der Waals surface area contributed by atoms with E-state index in [2.05, 4.69) is 16.0 Å². The van der Waals surface area contributed by atoms with Gasteiger partial charge in [0.2, 0.25) is 29.5 Å². The highest BCUT2D eigenvalue weighted by atomic mass is 16.4. The zero-order valence-corrected chi connectivity index (χ0v) is 53.1. The van der Waals surface area contributed by atoms with Gasteiger partial charge in [0.05, 0.1) is 30.1 Å².